The van der Waals surface area contributed by atoms with Gasteiger partial charge in [-0.1, -0.05) is 25.5 Å². The smallest absolute Gasteiger partial charge is 0.167 e. The van der Waals surface area contributed by atoms with Crippen molar-refractivity contribution >= 4 is 21.6 Å². The van der Waals surface area contributed by atoms with Gasteiger partial charge in [-0.15, -0.1) is 0 Å². The summed E-state index contributed by atoms with van der Waals surface area (Å²) in [5, 5.41) is 0. The van der Waals surface area contributed by atoms with Gasteiger partial charge in [0.15, 0.2) is 5.75 Å². The third-order valence-electron chi connectivity index (χ3n) is 2.84. The molecule has 2 N–H and O–H groups in total. The zero-order chi connectivity index (χ0) is 13.7. The minimum Gasteiger partial charge on any atom is -0.454 e. The van der Waals surface area contributed by atoms with Gasteiger partial charge in [-0.05, 0) is 46.5 Å². The number of nitrogens with zero attached hydrogens (tertiary/aromatic N) is 1. The van der Waals surface area contributed by atoms with E-state index in [0.29, 0.717) is 11.4 Å². The molecule has 0 fully saturated rings. The molecule has 0 amide bonds. The fourth-order valence-electron chi connectivity index (χ4n) is 1.77. The largest absolute Gasteiger partial charge is 0.454 e. The van der Waals surface area contributed by atoms with E-state index in [1.54, 1.807) is 12.4 Å². The molecule has 0 spiro atoms. The molecule has 0 saturated carbocycles. The van der Waals surface area contributed by atoms with E-state index in [-0.39, 0.29) is 0 Å². The molecule has 1 aromatic carbocycles. The van der Waals surface area contributed by atoms with E-state index in [2.05, 4.69) is 40.0 Å². The van der Waals surface area contributed by atoms with Gasteiger partial charge in [-0.3, -0.25) is 4.98 Å². The zero-order valence-corrected chi connectivity index (χ0v) is 12.5. The van der Waals surface area contributed by atoms with Crippen LogP contribution in [0.4, 0.5) is 5.69 Å². The Bertz CT molecular complexity index is 520. The lowest BCUT2D eigenvalue weighted by Gasteiger charge is -2.10. The molecule has 19 heavy (non-hydrogen) atoms. The zero-order valence-electron chi connectivity index (χ0n) is 10.9. The topological polar surface area (TPSA) is 48.1 Å². The van der Waals surface area contributed by atoms with Crippen molar-refractivity contribution in [3.8, 4) is 11.5 Å². The molecule has 0 radical (unpaired) electrons. The monoisotopic (exact) mass is 320 g/mol. The standard InChI is InChI=1S/C15H17BrN2O/c1-2-3-4-11-5-7-12(8-6-11)19-15-13(16)9-18-10-14(15)17/h5-10H,2-4,17H2,1H3. The summed E-state index contributed by atoms with van der Waals surface area (Å²) in [5.74, 6) is 1.38. The number of benzene rings is 1. The summed E-state index contributed by atoms with van der Waals surface area (Å²) in [4.78, 5) is 3.98. The van der Waals surface area contributed by atoms with Gasteiger partial charge in [-0.25, -0.2) is 0 Å². The van der Waals surface area contributed by atoms with Crippen LogP contribution in [0.15, 0.2) is 41.1 Å². The summed E-state index contributed by atoms with van der Waals surface area (Å²) in [5.41, 5.74) is 7.69. The third kappa shape index (κ3) is 3.70. The Labute approximate surface area is 121 Å². The number of aromatic nitrogens is 1. The summed E-state index contributed by atoms with van der Waals surface area (Å²) in [6.07, 6.45) is 6.77. The van der Waals surface area contributed by atoms with Crippen molar-refractivity contribution in [1.82, 2.24) is 4.98 Å². The van der Waals surface area contributed by atoms with Crippen molar-refractivity contribution < 1.29 is 4.74 Å². The molecule has 0 saturated heterocycles. The molecule has 1 heterocycles. The van der Waals surface area contributed by atoms with Crippen LogP contribution in [0, 0.1) is 0 Å². The summed E-state index contributed by atoms with van der Waals surface area (Å²) in [7, 11) is 0. The molecule has 0 aliphatic carbocycles. The lowest BCUT2D eigenvalue weighted by atomic mass is 10.1. The van der Waals surface area contributed by atoms with Crippen molar-refractivity contribution in [1.29, 1.82) is 0 Å². The van der Waals surface area contributed by atoms with Gasteiger partial charge in [0.2, 0.25) is 0 Å². The highest BCUT2D eigenvalue weighted by Crippen LogP contribution is 2.34. The van der Waals surface area contributed by atoms with Crippen LogP contribution in [0.1, 0.15) is 25.3 Å². The molecule has 0 bridgehead atoms. The van der Waals surface area contributed by atoms with Crippen molar-refractivity contribution in [2.24, 2.45) is 0 Å². The molecule has 0 unspecified atom stereocenters. The number of unbranched alkanes of at least 4 members (excludes halogenated alkanes) is 1. The first-order valence-corrected chi connectivity index (χ1v) is 7.15. The Hall–Kier alpha value is -1.55. The Morgan fingerprint density at radius 2 is 1.95 bits per heavy atom. The van der Waals surface area contributed by atoms with Gasteiger partial charge in [0.05, 0.1) is 16.4 Å². The molecular formula is C15H17BrN2O. The van der Waals surface area contributed by atoms with E-state index in [1.165, 1.54) is 18.4 Å². The molecular weight excluding hydrogens is 304 g/mol. The average molecular weight is 321 g/mol. The number of rotatable bonds is 5. The number of anilines is 1. The fraction of sp³-hybridized carbons (Fsp3) is 0.267. The van der Waals surface area contributed by atoms with E-state index in [0.717, 1.165) is 16.6 Å². The summed E-state index contributed by atoms with van der Waals surface area (Å²) < 4.78 is 6.54. The number of ether oxygens (including phenoxy) is 1. The minimum atomic E-state index is 0.518. The molecule has 1 aromatic heterocycles. The summed E-state index contributed by atoms with van der Waals surface area (Å²) in [6.45, 7) is 2.20. The quantitative estimate of drug-likeness (QED) is 0.878. The molecule has 4 heteroatoms. The van der Waals surface area contributed by atoms with Crippen LogP contribution in [-0.4, -0.2) is 4.98 Å². The second-order valence-electron chi connectivity index (χ2n) is 4.39. The predicted octanol–water partition coefficient (Wildman–Crippen LogP) is 4.56. The Morgan fingerprint density at radius 1 is 1.21 bits per heavy atom. The number of nitrogen functional groups attached to an aromatic ring is 1. The average Bonchev–Trinajstić information content (AvgIpc) is 2.42. The Morgan fingerprint density at radius 3 is 2.58 bits per heavy atom. The van der Waals surface area contributed by atoms with Gasteiger partial charge in [0.25, 0.3) is 0 Å². The maximum absolute atomic E-state index is 5.85. The minimum absolute atomic E-state index is 0.518. The van der Waals surface area contributed by atoms with Crippen molar-refractivity contribution in [2.45, 2.75) is 26.2 Å². The van der Waals surface area contributed by atoms with Crippen LogP contribution < -0.4 is 10.5 Å². The molecule has 2 aromatic rings. The highest BCUT2D eigenvalue weighted by Gasteiger charge is 2.07. The lowest BCUT2D eigenvalue weighted by molar-refractivity contribution is 0.481. The number of aryl methyl sites for hydroxylation is 1. The van der Waals surface area contributed by atoms with Gasteiger partial charge < -0.3 is 10.5 Å². The summed E-state index contributed by atoms with van der Waals surface area (Å²) in [6, 6.07) is 8.13. The van der Waals surface area contributed by atoms with Gasteiger partial charge in [0, 0.05) is 6.20 Å². The van der Waals surface area contributed by atoms with Crippen LogP contribution in [0.2, 0.25) is 0 Å². The second-order valence-corrected chi connectivity index (χ2v) is 5.24. The van der Waals surface area contributed by atoms with Crippen LogP contribution >= 0.6 is 15.9 Å². The molecule has 0 atom stereocenters. The molecule has 2 rings (SSSR count). The first kappa shape index (κ1) is 13.9. The van der Waals surface area contributed by atoms with Crippen LogP contribution in [0.5, 0.6) is 11.5 Å². The predicted molar refractivity (Wildman–Crippen MR) is 81.5 cm³/mol. The van der Waals surface area contributed by atoms with Crippen LogP contribution in [-0.2, 0) is 6.42 Å². The Kier molecular flexibility index (Phi) is 4.80. The van der Waals surface area contributed by atoms with Crippen molar-refractivity contribution in [3.63, 3.8) is 0 Å². The SMILES string of the molecule is CCCCc1ccc(Oc2c(N)cncc2Br)cc1. The number of hydrogen-bond acceptors (Lipinski definition) is 3. The fourth-order valence-corrected chi connectivity index (χ4v) is 2.20. The van der Waals surface area contributed by atoms with Crippen molar-refractivity contribution in [2.75, 3.05) is 5.73 Å². The molecule has 3 nitrogen and oxygen atoms in total. The van der Waals surface area contributed by atoms with Gasteiger partial charge in [0.1, 0.15) is 5.75 Å². The van der Waals surface area contributed by atoms with E-state index in [4.69, 9.17) is 10.5 Å². The highest BCUT2D eigenvalue weighted by molar-refractivity contribution is 9.10. The normalized spacial score (nSPS) is 10.4. The van der Waals surface area contributed by atoms with Crippen LogP contribution in [0.25, 0.3) is 0 Å². The number of nitrogens with two attached hydrogens (primary N) is 1. The second kappa shape index (κ2) is 6.57. The Balaban J connectivity index is 2.11. The van der Waals surface area contributed by atoms with Crippen molar-refractivity contribution in [3.05, 3.63) is 46.7 Å². The molecule has 0 aliphatic rings. The first-order valence-electron chi connectivity index (χ1n) is 6.36. The molecule has 100 valence electrons. The first-order chi connectivity index (χ1) is 9.20. The summed E-state index contributed by atoms with van der Waals surface area (Å²) >= 11 is 3.39. The number of halogens is 1. The number of hydrogen-bond donors (Lipinski definition) is 1. The van der Waals surface area contributed by atoms with E-state index < -0.39 is 0 Å². The van der Waals surface area contributed by atoms with Gasteiger partial charge >= 0.3 is 0 Å². The highest BCUT2D eigenvalue weighted by atomic mass is 79.9. The lowest BCUT2D eigenvalue weighted by Crippen LogP contribution is -1.94. The maximum Gasteiger partial charge on any atom is 0.167 e. The van der Waals surface area contributed by atoms with E-state index in [1.807, 2.05) is 12.1 Å². The maximum atomic E-state index is 5.85. The van der Waals surface area contributed by atoms with E-state index >= 15 is 0 Å². The third-order valence-corrected chi connectivity index (χ3v) is 3.41. The van der Waals surface area contributed by atoms with Gasteiger partial charge in [-0.2, -0.15) is 0 Å². The van der Waals surface area contributed by atoms with E-state index in [9.17, 15) is 0 Å². The van der Waals surface area contributed by atoms with Crippen LogP contribution in [0.3, 0.4) is 0 Å². The number of pyridine rings is 1. The molecule has 0 aliphatic heterocycles.